The number of hydrogen-bond donors (Lipinski definition) is 2. The van der Waals surface area contributed by atoms with Gasteiger partial charge in [0.2, 0.25) is 11.8 Å². The molecule has 15 heteroatoms. The molecule has 0 saturated carbocycles. The van der Waals surface area contributed by atoms with E-state index in [1.807, 2.05) is 13.8 Å². The van der Waals surface area contributed by atoms with Crippen LogP contribution in [0.25, 0.3) is 0 Å². The molecule has 4 heterocycles. The molecule has 0 aromatic rings. The number of carbonyl (C=O) groups excluding carboxylic acids is 4. The Balaban J connectivity index is -0.000000177. The maximum Gasteiger partial charge on any atom is 0.318 e. The molecule has 4 aliphatic rings. The molecule has 3 N–H and O–H groups in total. The molecule has 0 aliphatic carbocycles. The van der Waals surface area contributed by atoms with Crippen molar-refractivity contribution in [3.63, 3.8) is 0 Å². The van der Waals surface area contributed by atoms with Crippen LogP contribution >= 0.6 is 16.9 Å². The number of nitrogens with zero attached hydrogens (tertiary/aromatic N) is 3. The second kappa shape index (κ2) is 25.0. The van der Waals surface area contributed by atoms with E-state index in [0.717, 1.165) is 11.4 Å². The third-order valence-corrected chi connectivity index (χ3v) is 3.08. The van der Waals surface area contributed by atoms with E-state index in [0.29, 0.717) is 37.2 Å². The van der Waals surface area contributed by atoms with E-state index in [1.54, 1.807) is 13.7 Å². The van der Waals surface area contributed by atoms with E-state index in [4.69, 9.17) is 10.5 Å². The summed E-state index contributed by atoms with van der Waals surface area (Å²) in [6, 6.07) is 0. The zero-order chi connectivity index (χ0) is 28.7. The third-order valence-electron chi connectivity index (χ3n) is 3.08. The van der Waals surface area contributed by atoms with Crippen LogP contribution in [0, 0.1) is 0 Å². The summed E-state index contributed by atoms with van der Waals surface area (Å²) in [6.07, 6.45) is 1.80. The lowest BCUT2D eigenvalue weighted by atomic mass is 10.3. The molecule has 36 heavy (non-hydrogen) atoms. The van der Waals surface area contributed by atoms with Gasteiger partial charge in [0.25, 0.3) is 0 Å². The summed E-state index contributed by atoms with van der Waals surface area (Å²) in [4.78, 5) is 40.5. The molecule has 0 radical (unpaired) electrons. The van der Waals surface area contributed by atoms with Gasteiger partial charge in [-0.2, -0.15) is 10.2 Å². The first-order valence-corrected chi connectivity index (χ1v) is 11.9. The van der Waals surface area contributed by atoms with Crippen molar-refractivity contribution in [3.8, 4) is 0 Å². The Morgan fingerprint density at radius 2 is 1.33 bits per heavy atom. The molecule has 4 aliphatic heterocycles. The average molecular weight is 551 g/mol. The number of esters is 2. The second-order valence-corrected chi connectivity index (χ2v) is 6.80. The van der Waals surface area contributed by atoms with Crippen molar-refractivity contribution in [1.29, 1.82) is 0 Å². The van der Waals surface area contributed by atoms with Crippen molar-refractivity contribution < 1.29 is 39.2 Å². The van der Waals surface area contributed by atoms with Gasteiger partial charge in [-0.3, -0.25) is 28.3 Å². The molecule has 0 aromatic carbocycles. The number of hydrogen-bond acceptors (Lipinski definition) is 11. The summed E-state index contributed by atoms with van der Waals surface area (Å²) in [5, 5.41) is 8.88. The molecule has 0 bridgehead atoms. The van der Waals surface area contributed by atoms with Crippen LogP contribution in [0.3, 0.4) is 0 Å². The average Bonchev–Trinajstić information content (AvgIpc) is 3.31. The summed E-state index contributed by atoms with van der Waals surface area (Å²) in [7, 11) is 3.25. The molecule has 0 atom stereocenters. The fourth-order valence-electron chi connectivity index (χ4n) is 1.78. The van der Waals surface area contributed by atoms with Gasteiger partial charge in [0, 0.05) is 33.1 Å². The zero-order valence-corrected chi connectivity index (χ0v) is 22.3. The summed E-state index contributed by atoms with van der Waals surface area (Å²) in [5.41, 5.74) is 8.58. The highest BCUT2D eigenvalue weighted by molar-refractivity contribution is 7.22. The SMILES string of the molecule is C.C=C1CC(=O)O1.C=C1CC(=O)O1.CC1=NN(C)C(=O)C1.CC1=NNC(=O)C1.CN.CP=O.[2H]CP=O. The highest BCUT2D eigenvalue weighted by atomic mass is 31.1. The van der Waals surface area contributed by atoms with E-state index in [1.165, 1.54) is 12.1 Å². The van der Waals surface area contributed by atoms with Gasteiger partial charge in [-0.05, 0) is 20.9 Å². The van der Waals surface area contributed by atoms with E-state index < -0.39 is 0 Å². The van der Waals surface area contributed by atoms with Crippen molar-refractivity contribution in [3.05, 3.63) is 24.7 Å². The number of amides is 2. The van der Waals surface area contributed by atoms with Crippen LogP contribution in [0.1, 0.15) is 48.3 Å². The van der Waals surface area contributed by atoms with E-state index in [9.17, 15) is 19.2 Å². The third kappa shape index (κ3) is 24.0. The van der Waals surface area contributed by atoms with Gasteiger partial charge in [0.15, 0.2) is 16.9 Å². The van der Waals surface area contributed by atoms with E-state index in [2.05, 4.69) is 44.0 Å². The summed E-state index contributed by atoms with van der Waals surface area (Å²) < 4.78 is 32.7. The number of hydrazone groups is 2. The molecular formula is C21H37N5O8P2. The van der Waals surface area contributed by atoms with Crippen LogP contribution in [0.4, 0.5) is 0 Å². The van der Waals surface area contributed by atoms with Crippen LogP contribution in [-0.2, 0) is 37.8 Å². The number of rotatable bonds is 0. The minimum Gasteiger partial charge on any atom is -0.431 e. The van der Waals surface area contributed by atoms with Gasteiger partial charge < -0.3 is 15.2 Å². The van der Waals surface area contributed by atoms with Crippen molar-refractivity contribution in [2.45, 2.75) is 47.0 Å². The molecule has 0 aromatic heterocycles. The summed E-state index contributed by atoms with van der Waals surface area (Å²) in [6.45, 7) is 11.9. The van der Waals surface area contributed by atoms with Crippen LogP contribution in [0.5, 0.6) is 0 Å². The topological polar surface area (TPSA) is 187 Å². The Hall–Kier alpha value is -3.14. The first-order valence-electron chi connectivity index (χ1n) is 10.4. The molecule has 0 unspecified atom stereocenters. The zero-order valence-electron chi connectivity index (χ0n) is 21.5. The first kappa shape index (κ1) is 37.4. The number of cyclic esters (lactones) is 2. The Morgan fingerprint density at radius 3 is 1.39 bits per heavy atom. The maximum atomic E-state index is 10.6. The minimum absolute atomic E-state index is 0. The minimum atomic E-state index is -0.167. The molecular weight excluding hydrogens is 512 g/mol. The number of nitrogens with one attached hydrogen (secondary N) is 1. The number of nitrogens with two attached hydrogens (primary N) is 1. The Labute approximate surface area is 217 Å². The lowest BCUT2D eigenvalue weighted by molar-refractivity contribution is -0.149. The van der Waals surface area contributed by atoms with Crippen molar-refractivity contribution in [1.82, 2.24) is 10.4 Å². The molecule has 2 amide bonds. The quantitative estimate of drug-likeness (QED) is 0.337. The molecule has 2 saturated heterocycles. The molecule has 4 rings (SSSR count). The van der Waals surface area contributed by atoms with Gasteiger partial charge in [0.1, 0.15) is 24.4 Å². The highest BCUT2D eigenvalue weighted by Crippen LogP contribution is 2.13. The predicted molar refractivity (Wildman–Crippen MR) is 140 cm³/mol. The highest BCUT2D eigenvalue weighted by Gasteiger charge is 2.18. The first-order chi connectivity index (χ1) is 16.9. The van der Waals surface area contributed by atoms with Crippen LogP contribution < -0.4 is 11.2 Å². The molecule has 0 spiro atoms. The fraction of sp³-hybridized carbons (Fsp3) is 0.524. The largest absolute Gasteiger partial charge is 0.431 e. The number of carbonyl (C=O) groups is 4. The van der Waals surface area contributed by atoms with Gasteiger partial charge in [-0.1, -0.05) is 20.6 Å². The lowest BCUT2D eigenvalue weighted by Crippen LogP contribution is -2.15. The number of ether oxygens (including phenoxy) is 2. The Kier molecular flexibility index (Phi) is 25.9. The fourth-order valence-corrected chi connectivity index (χ4v) is 1.78. The van der Waals surface area contributed by atoms with Crippen LogP contribution in [0.2, 0.25) is 0 Å². The Bertz CT molecular complexity index is 794. The maximum absolute atomic E-state index is 10.6. The molecule has 2 fully saturated rings. The second-order valence-electron chi connectivity index (χ2n) is 6.18. The normalized spacial score (nSPS) is 16.2. The Morgan fingerprint density at radius 1 is 0.944 bits per heavy atom. The molecule has 13 nitrogen and oxygen atoms in total. The van der Waals surface area contributed by atoms with E-state index in [-0.39, 0.29) is 54.7 Å². The van der Waals surface area contributed by atoms with Gasteiger partial charge in [0.05, 0.1) is 12.8 Å². The summed E-state index contributed by atoms with van der Waals surface area (Å²) >= 11 is 0. The van der Waals surface area contributed by atoms with Crippen molar-refractivity contribution in [2.75, 3.05) is 27.4 Å². The smallest absolute Gasteiger partial charge is 0.318 e. The van der Waals surface area contributed by atoms with Crippen LogP contribution in [0.15, 0.2) is 34.9 Å². The van der Waals surface area contributed by atoms with Gasteiger partial charge in [-0.15, -0.1) is 0 Å². The van der Waals surface area contributed by atoms with Crippen molar-refractivity contribution in [2.24, 2.45) is 15.9 Å². The van der Waals surface area contributed by atoms with Crippen LogP contribution in [-0.4, -0.2) is 67.6 Å². The van der Waals surface area contributed by atoms with E-state index >= 15 is 0 Å². The summed E-state index contributed by atoms with van der Waals surface area (Å²) in [5.74, 6) is 0.917. The predicted octanol–water partition coefficient (Wildman–Crippen LogP) is 3.03. The van der Waals surface area contributed by atoms with Gasteiger partial charge in [-0.25, -0.2) is 10.4 Å². The monoisotopic (exact) mass is 550 g/mol. The van der Waals surface area contributed by atoms with Gasteiger partial charge >= 0.3 is 11.9 Å². The lowest BCUT2D eigenvalue weighted by Gasteiger charge is -2.12. The van der Waals surface area contributed by atoms with Crippen molar-refractivity contribution >= 4 is 52.1 Å². The standard InChI is InChI=1S/C5H8N2O.C4H6N2O.2C4H4O2.CH5N.2CH3OP.CH4/c1-4-3-5(8)7(2)6-4;1-3-2-4(7)6-5-3;2*1-3-2-4(5)6-3;1-2;2*1-3-2;/h3H2,1-2H3;2H2,1H3,(H,6,7);2*1-2H2;2H2,1H3;2*1H3;1H4/i;;;;;1D;;. The molecule has 204 valence electrons.